The van der Waals surface area contributed by atoms with Crippen LogP contribution in [0.1, 0.15) is 15.9 Å². The Labute approximate surface area is 244 Å². The van der Waals surface area contributed by atoms with E-state index in [9.17, 15) is 4.79 Å². The summed E-state index contributed by atoms with van der Waals surface area (Å²) < 4.78 is 1.81. The van der Waals surface area contributed by atoms with E-state index in [1.807, 2.05) is 59.2 Å². The molecule has 0 fully saturated rings. The Morgan fingerprint density at radius 3 is 1.55 bits per heavy atom. The molecule has 0 radical (unpaired) electrons. The van der Waals surface area contributed by atoms with Crippen LogP contribution in [-0.4, -0.2) is 15.5 Å². The predicted octanol–water partition coefficient (Wildman–Crippen LogP) is 9.68. The quantitative estimate of drug-likeness (QED) is 0.224. The first kappa shape index (κ1) is 24.3. The highest BCUT2D eigenvalue weighted by Crippen LogP contribution is 2.55. The van der Waals surface area contributed by atoms with Gasteiger partial charge >= 0.3 is 0 Å². The number of imidazole rings is 1. The third-order valence-corrected chi connectivity index (χ3v) is 8.20. The molecule has 0 N–H and O–H groups in total. The summed E-state index contributed by atoms with van der Waals surface area (Å²) >= 11 is 0. The molecule has 6 aromatic carbocycles. The second kappa shape index (κ2) is 9.53. The van der Waals surface area contributed by atoms with E-state index in [2.05, 4.69) is 91.9 Å². The van der Waals surface area contributed by atoms with Gasteiger partial charge in [0.1, 0.15) is 5.82 Å². The monoisotopic (exact) mass is 538 g/mol. The second-order valence-corrected chi connectivity index (χ2v) is 10.8. The summed E-state index contributed by atoms with van der Waals surface area (Å²) in [6.07, 6.45) is 0. The van der Waals surface area contributed by atoms with Crippen LogP contribution in [0.2, 0.25) is 0 Å². The number of aryl methyl sites for hydroxylation is 1. The third-order valence-electron chi connectivity index (χ3n) is 8.20. The van der Waals surface area contributed by atoms with Crippen LogP contribution in [0.15, 0.2) is 140 Å². The van der Waals surface area contributed by atoms with E-state index in [4.69, 9.17) is 4.98 Å². The highest BCUT2D eigenvalue weighted by atomic mass is 16.2. The van der Waals surface area contributed by atoms with Gasteiger partial charge in [-0.1, -0.05) is 133 Å². The van der Waals surface area contributed by atoms with E-state index < -0.39 is 0 Å². The number of hydrogen-bond acceptors (Lipinski definition) is 2. The normalized spacial score (nSPS) is 12.0. The Balaban J connectivity index is 1.66. The van der Waals surface area contributed by atoms with E-state index in [1.165, 1.54) is 0 Å². The minimum atomic E-state index is -0.0433. The summed E-state index contributed by atoms with van der Waals surface area (Å²) in [5, 5.41) is 0. The Morgan fingerprint density at radius 2 is 0.952 bits per heavy atom. The number of fused-ring (bicyclic) bond motifs is 5. The van der Waals surface area contributed by atoms with Gasteiger partial charge in [-0.2, -0.15) is 0 Å². The Kier molecular flexibility index (Phi) is 5.51. The molecule has 8 rings (SSSR count). The lowest BCUT2D eigenvalue weighted by Gasteiger charge is -2.24. The van der Waals surface area contributed by atoms with Gasteiger partial charge in [-0.3, -0.25) is 9.36 Å². The van der Waals surface area contributed by atoms with Gasteiger partial charge < -0.3 is 0 Å². The lowest BCUT2D eigenvalue weighted by molar-refractivity contribution is 0.0974. The molecular weight excluding hydrogens is 512 g/mol. The van der Waals surface area contributed by atoms with E-state index in [0.29, 0.717) is 11.4 Å². The number of carbonyl (C=O) groups is 1. The summed E-state index contributed by atoms with van der Waals surface area (Å²) in [5.41, 5.74) is 12.7. The molecule has 0 spiro atoms. The first-order valence-corrected chi connectivity index (χ1v) is 14.2. The van der Waals surface area contributed by atoms with Crippen molar-refractivity contribution in [3.63, 3.8) is 0 Å². The minimum absolute atomic E-state index is 0.0433. The van der Waals surface area contributed by atoms with Crippen molar-refractivity contribution in [3.05, 3.63) is 151 Å². The average Bonchev–Trinajstić information content (AvgIpc) is 3.56. The zero-order chi connectivity index (χ0) is 28.2. The number of benzene rings is 6. The SMILES string of the molecule is Cc1cccc(-c2c(-c3ccccc3)c3c(c(-c4ccccc4)c2-c2ccccc2)-c2nc4ccccc4n2C3=O)c1. The Morgan fingerprint density at radius 1 is 0.476 bits per heavy atom. The second-order valence-electron chi connectivity index (χ2n) is 10.8. The first-order valence-electron chi connectivity index (χ1n) is 14.2. The molecule has 198 valence electrons. The van der Waals surface area contributed by atoms with Crippen LogP contribution in [0, 0.1) is 6.92 Å². The lowest BCUT2D eigenvalue weighted by Crippen LogP contribution is -2.09. The standard InChI is InChI=1S/C39H26N2O/c1-25-14-13-21-29(24-25)35-32(26-15-5-2-6-16-26)33(27-17-7-3-8-18-27)36-37(34(35)28-19-9-4-10-20-28)39(42)41-31-23-12-11-22-30(31)40-38(36)41/h2-24H,1H3. The predicted molar refractivity (Wildman–Crippen MR) is 171 cm³/mol. The minimum Gasteiger partial charge on any atom is -0.268 e. The highest BCUT2D eigenvalue weighted by molar-refractivity contribution is 6.24. The maximum absolute atomic E-state index is 14.8. The van der Waals surface area contributed by atoms with Gasteiger partial charge in [0.15, 0.2) is 0 Å². The number of hydrogen-bond donors (Lipinski definition) is 0. The van der Waals surface area contributed by atoms with E-state index >= 15 is 0 Å². The molecule has 0 aliphatic carbocycles. The molecule has 1 aliphatic heterocycles. The first-order chi connectivity index (χ1) is 20.7. The topological polar surface area (TPSA) is 34.9 Å². The van der Waals surface area contributed by atoms with Crippen molar-refractivity contribution in [3.8, 4) is 55.9 Å². The summed E-state index contributed by atoms with van der Waals surface area (Å²) in [4.78, 5) is 19.9. The zero-order valence-electron chi connectivity index (χ0n) is 23.1. The Hall–Kier alpha value is -5.54. The van der Waals surface area contributed by atoms with Gasteiger partial charge in [0.2, 0.25) is 0 Å². The van der Waals surface area contributed by atoms with E-state index in [0.717, 1.165) is 66.7 Å². The van der Waals surface area contributed by atoms with Crippen LogP contribution in [0.5, 0.6) is 0 Å². The van der Waals surface area contributed by atoms with Crippen LogP contribution < -0.4 is 0 Å². The van der Waals surface area contributed by atoms with Crippen LogP contribution in [0.3, 0.4) is 0 Å². The van der Waals surface area contributed by atoms with Crippen LogP contribution >= 0.6 is 0 Å². The molecule has 3 nitrogen and oxygen atoms in total. The van der Waals surface area contributed by atoms with Crippen molar-refractivity contribution in [1.29, 1.82) is 0 Å². The summed E-state index contributed by atoms with van der Waals surface area (Å²) in [7, 11) is 0. The number of para-hydroxylation sites is 2. The smallest absolute Gasteiger partial charge is 0.265 e. The van der Waals surface area contributed by atoms with Crippen molar-refractivity contribution in [2.45, 2.75) is 6.92 Å². The highest BCUT2D eigenvalue weighted by Gasteiger charge is 2.39. The van der Waals surface area contributed by atoms with Crippen molar-refractivity contribution in [1.82, 2.24) is 9.55 Å². The van der Waals surface area contributed by atoms with Crippen LogP contribution in [0.25, 0.3) is 66.9 Å². The van der Waals surface area contributed by atoms with Gasteiger partial charge in [0.05, 0.1) is 16.6 Å². The van der Waals surface area contributed by atoms with Crippen molar-refractivity contribution < 1.29 is 4.79 Å². The fraction of sp³-hybridized carbons (Fsp3) is 0.0256. The number of aromatic nitrogens is 2. The molecule has 0 saturated heterocycles. The molecule has 3 heteroatoms. The lowest BCUT2D eigenvalue weighted by atomic mass is 9.77. The van der Waals surface area contributed by atoms with E-state index in [1.54, 1.807) is 0 Å². The maximum Gasteiger partial charge on any atom is 0.265 e. The molecule has 0 amide bonds. The van der Waals surface area contributed by atoms with Gasteiger partial charge in [-0.25, -0.2) is 4.98 Å². The molecule has 2 heterocycles. The zero-order valence-corrected chi connectivity index (χ0v) is 23.1. The number of rotatable bonds is 4. The van der Waals surface area contributed by atoms with Gasteiger partial charge in [-0.05, 0) is 52.4 Å². The van der Waals surface area contributed by atoms with Gasteiger partial charge in [-0.15, -0.1) is 0 Å². The fourth-order valence-electron chi connectivity index (χ4n) is 6.47. The molecular formula is C39H26N2O. The Bertz CT molecular complexity index is 2140. The van der Waals surface area contributed by atoms with Crippen molar-refractivity contribution >= 4 is 16.9 Å². The average molecular weight is 539 g/mol. The van der Waals surface area contributed by atoms with Crippen molar-refractivity contribution in [2.75, 3.05) is 0 Å². The summed E-state index contributed by atoms with van der Waals surface area (Å²) in [5.74, 6) is 0.651. The summed E-state index contributed by atoms with van der Waals surface area (Å²) in [6.45, 7) is 2.12. The molecule has 0 saturated carbocycles. The van der Waals surface area contributed by atoms with E-state index in [-0.39, 0.29) is 5.91 Å². The molecule has 7 aromatic rings. The van der Waals surface area contributed by atoms with Crippen LogP contribution in [-0.2, 0) is 0 Å². The molecule has 0 bridgehead atoms. The third kappa shape index (κ3) is 3.60. The molecule has 1 aliphatic rings. The fourth-order valence-corrected chi connectivity index (χ4v) is 6.47. The molecule has 42 heavy (non-hydrogen) atoms. The van der Waals surface area contributed by atoms with Gasteiger partial charge in [0, 0.05) is 16.7 Å². The molecule has 0 atom stereocenters. The maximum atomic E-state index is 14.8. The number of carbonyl (C=O) groups excluding carboxylic acids is 1. The summed E-state index contributed by atoms with van der Waals surface area (Å²) in [6, 6.07) is 47.8. The number of nitrogens with zero attached hydrogens (tertiary/aromatic N) is 2. The molecule has 1 aromatic heterocycles. The van der Waals surface area contributed by atoms with Gasteiger partial charge in [0.25, 0.3) is 5.91 Å². The largest absolute Gasteiger partial charge is 0.268 e. The van der Waals surface area contributed by atoms with Crippen LogP contribution in [0.4, 0.5) is 0 Å². The molecule has 0 unspecified atom stereocenters. The van der Waals surface area contributed by atoms with Crippen molar-refractivity contribution in [2.24, 2.45) is 0 Å².